The number of nitrogens with zero attached hydrogens (tertiary/aromatic N) is 1. The zero-order valence-corrected chi connectivity index (χ0v) is 11.6. The number of carboxylic acids is 1. The third-order valence-electron chi connectivity index (χ3n) is 2.69. The molecule has 0 saturated heterocycles. The molecule has 0 bridgehead atoms. The third kappa shape index (κ3) is 10.1. The molecule has 0 fully saturated rings. The Kier molecular flexibility index (Phi) is 10.3. The van der Waals surface area contributed by atoms with E-state index in [9.17, 15) is 9.59 Å². The Bertz CT molecular complexity index is 244. The average Bonchev–Trinajstić information content (AvgIpc) is 2.32. The molecule has 106 valence electrons. The zero-order chi connectivity index (χ0) is 13.8. The Morgan fingerprint density at radius 1 is 1.11 bits per heavy atom. The van der Waals surface area contributed by atoms with Crippen molar-refractivity contribution in [3.05, 3.63) is 0 Å². The third-order valence-corrected chi connectivity index (χ3v) is 2.69. The molecule has 1 amide bonds. The van der Waals surface area contributed by atoms with Gasteiger partial charge in [0.05, 0.1) is 13.0 Å². The fourth-order valence-electron chi connectivity index (χ4n) is 1.57. The number of carbonyl (C=O) groups is 2. The molecule has 0 aromatic carbocycles. The van der Waals surface area contributed by atoms with Crippen LogP contribution < -0.4 is 5.32 Å². The highest BCUT2D eigenvalue weighted by Crippen LogP contribution is 1.97. The maximum Gasteiger partial charge on any atom is 0.304 e. The largest absolute Gasteiger partial charge is 0.481 e. The Balaban J connectivity index is 3.96. The second-order valence-corrected chi connectivity index (χ2v) is 4.48. The molecule has 0 spiro atoms. The van der Waals surface area contributed by atoms with Crippen molar-refractivity contribution in [1.29, 1.82) is 0 Å². The van der Waals surface area contributed by atoms with Crippen molar-refractivity contribution in [3.63, 3.8) is 0 Å². The van der Waals surface area contributed by atoms with Crippen LogP contribution in [0.1, 0.15) is 46.0 Å². The molecule has 0 aromatic heterocycles. The van der Waals surface area contributed by atoms with E-state index in [1.165, 1.54) is 0 Å². The summed E-state index contributed by atoms with van der Waals surface area (Å²) in [5, 5.41) is 11.5. The lowest BCUT2D eigenvalue weighted by Gasteiger charge is -2.20. The number of amides is 1. The van der Waals surface area contributed by atoms with Gasteiger partial charge in [-0.25, -0.2) is 0 Å². The van der Waals surface area contributed by atoms with Gasteiger partial charge in [-0.15, -0.1) is 0 Å². The van der Waals surface area contributed by atoms with Crippen LogP contribution >= 0.6 is 0 Å². The minimum absolute atomic E-state index is 0.00931. The first kappa shape index (κ1) is 16.9. The topological polar surface area (TPSA) is 69.6 Å². The van der Waals surface area contributed by atoms with E-state index in [0.717, 1.165) is 32.2 Å². The predicted molar refractivity (Wildman–Crippen MR) is 71.5 cm³/mol. The maximum atomic E-state index is 11.6. The molecule has 0 rings (SSSR count). The van der Waals surface area contributed by atoms with Gasteiger partial charge in [-0.3, -0.25) is 14.5 Å². The highest BCUT2D eigenvalue weighted by molar-refractivity contribution is 5.78. The molecular weight excluding hydrogens is 232 g/mol. The van der Waals surface area contributed by atoms with E-state index in [1.54, 1.807) is 0 Å². The zero-order valence-electron chi connectivity index (χ0n) is 11.6. The van der Waals surface area contributed by atoms with Crippen molar-refractivity contribution in [3.8, 4) is 0 Å². The van der Waals surface area contributed by atoms with Gasteiger partial charge in [0.2, 0.25) is 5.91 Å². The van der Waals surface area contributed by atoms with E-state index in [1.807, 2.05) is 4.90 Å². The summed E-state index contributed by atoms with van der Waals surface area (Å²) in [6.45, 7) is 6.39. The van der Waals surface area contributed by atoms with Crippen LogP contribution in [0.3, 0.4) is 0 Å². The first-order valence-corrected chi connectivity index (χ1v) is 6.81. The quantitative estimate of drug-likeness (QED) is 0.551. The molecule has 2 N–H and O–H groups in total. The summed E-state index contributed by atoms with van der Waals surface area (Å²) in [6.07, 6.45) is 4.16. The van der Waals surface area contributed by atoms with Gasteiger partial charge in [0.25, 0.3) is 0 Å². The van der Waals surface area contributed by atoms with Crippen LogP contribution in [-0.4, -0.2) is 48.1 Å². The highest BCUT2D eigenvalue weighted by atomic mass is 16.4. The number of carbonyl (C=O) groups excluding carboxylic acids is 1. The van der Waals surface area contributed by atoms with Crippen LogP contribution in [0.25, 0.3) is 0 Å². The molecule has 0 heterocycles. The van der Waals surface area contributed by atoms with E-state index >= 15 is 0 Å². The molecule has 0 aliphatic heterocycles. The number of rotatable bonds is 11. The van der Waals surface area contributed by atoms with Gasteiger partial charge in [-0.05, 0) is 19.4 Å². The summed E-state index contributed by atoms with van der Waals surface area (Å²) in [7, 11) is 0. The Morgan fingerprint density at radius 3 is 2.33 bits per heavy atom. The lowest BCUT2D eigenvalue weighted by molar-refractivity contribution is -0.137. The average molecular weight is 258 g/mol. The first-order chi connectivity index (χ1) is 8.60. The van der Waals surface area contributed by atoms with Crippen LogP contribution in [0.5, 0.6) is 0 Å². The molecule has 0 saturated carbocycles. The molecule has 0 radical (unpaired) electrons. The van der Waals surface area contributed by atoms with E-state index in [0.29, 0.717) is 19.6 Å². The molecule has 0 unspecified atom stereocenters. The predicted octanol–water partition coefficient (Wildman–Crippen LogP) is 1.48. The second kappa shape index (κ2) is 11.0. The van der Waals surface area contributed by atoms with Gasteiger partial charge in [0.15, 0.2) is 0 Å². The van der Waals surface area contributed by atoms with Gasteiger partial charge in [0.1, 0.15) is 0 Å². The van der Waals surface area contributed by atoms with E-state index in [2.05, 4.69) is 19.2 Å². The van der Waals surface area contributed by atoms with Crippen molar-refractivity contribution in [2.45, 2.75) is 46.0 Å². The standard InChI is InChI=1S/C13H26N2O3/c1-3-5-8-14-12(16)11-15(9-6-4-2)10-7-13(17)18/h3-11H2,1-2H3,(H,14,16)(H,17,18). The Labute approximate surface area is 110 Å². The van der Waals surface area contributed by atoms with Gasteiger partial charge in [0, 0.05) is 13.1 Å². The minimum Gasteiger partial charge on any atom is -0.481 e. The lowest BCUT2D eigenvalue weighted by atomic mass is 10.3. The summed E-state index contributed by atoms with van der Waals surface area (Å²) in [4.78, 5) is 24.1. The summed E-state index contributed by atoms with van der Waals surface area (Å²) in [5.41, 5.74) is 0. The second-order valence-electron chi connectivity index (χ2n) is 4.48. The summed E-state index contributed by atoms with van der Waals surface area (Å²) < 4.78 is 0. The van der Waals surface area contributed by atoms with Crippen molar-refractivity contribution >= 4 is 11.9 Å². The van der Waals surface area contributed by atoms with E-state index in [4.69, 9.17) is 5.11 Å². The fourth-order valence-corrected chi connectivity index (χ4v) is 1.57. The van der Waals surface area contributed by atoms with Crippen LogP contribution in [0.4, 0.5) is 0 Å². The Hall–Kier alpha value is -1.10. The van der Waals surface area contributed by atoms with Gasteiger partial charge in [-0.1, -0.05) is 26.7 Å². The number of aliphatic carboxylic acids is 1. The number of unbranched alkanes of at least 4 members (excludes halogenated alkanes) is 2. The number of hydrogen-bond acceptors (Lipinski definition) is 3. The molecule has 5 heteroatoms. The van der Waals surface area contributed by atoms with E-state index < -0.39 is 5.97 Å². The minimum atomic E-state index is -0.817. The molecule has 5 nitrogen and oxygen atoms in total. The number of nitrogens with one attached hydrogen (secondary N) is 1. The van der Waals surface area contributed by atoms with Gasteiger partial charge in [-0.2, -0.15) is 0 Å². The normalized spacial score (nSPS) is 10.6. The number of hydrogen-bond donors (Lipinski definition) is 2. The molecular formula is C13H26N2O3. The van der Waals surface area contributed by atoms with Crippen LogP contribution in [0, 0.1) is 0 Å². The first-order valence-electron chi connectivity index (χ1n) is 6.81. The van der Waals surface area contributed by atoms with Crippen LogP contribution in [-0.2, 0) is 9.59 Å². The Morgan fingerprint density at radius 2 is 1.78 bits per heavy atom. The number of carboxylic acid groups (broad SMARTS) is 1. The van der Waals surface area contributed by atoms with Gasteiger partial charge < -0.3 is 10.4 Å². The van der Waals surface area contributed by atoms with Crippen molar-refractivity contribution < 1.29 is 14.7 Å². The molecule has 18 heavy (non-hydrogen) atoms. The van der Waals surface area contributed by atoms with Crippen molar-refractivity contribution in [2.24, 2.45) is 0 Å². The van der Waals surface area contributed by atoms with Crippen LogP contribution in [0.15, 0.2) is 0 Å². The van der Waals surface area contributed by atoms with Gasteiger partial charge >= 0.3 is 5.97 Å². The van der Waals surface area contributed by atoms with E-state index in [-0.39, 0.29) is 12.3 Å². The monoisotopic (exact) mass is 258 g/mol. The lowest BCUT2D eigenvalue weighted by Crippen LogP contribution is -2.39. The maximum absolute atomic E-state index is 11.6. The molecule has 0 aliphatic rings. The summed E-state index contributed by atoms with van der Waals surface area (Å²) >= 11 is 0. The fraction of sp³-hybridized carbons (Fsp3) is 0.846. The SMILES string of the molecule is CCCCNC(=O)CN(CCCC)CCC(=O)O. The van der Waals surface area contributed by atoms with Crippen LogP contribution in [0.2, 0.25) is 0 Å². The van der Waals surface area contributed by atoms with Crippen molar-refractivity contribution in [1.82, 2.24) is 10.2 Å². The highest BCUT2D eigenvalue weighted by Gasteiger charge is 2.11. The smallest absolute Gasteiger partial charge is 0.304 e. The molecule has 0 aliphatic carbocycles. The van der Waals surface area contributed by atoms with Crippen molar-refractivity contribution in [2.75, 3.05) is 26.2 Å². The summed E-state index contributed by atoms with van der Waals surface area (Å²) in [5.74, 6) is -0.826. The molecule has 0 atom stereocenters. The summed E-state index contributed by atoms with van der Waals surface area (Å²) in [6, 6.07) is 0. The molecule has 0 aromatic rings.